The predicted octanol–water partition coefficient (Wildman–Crippen LogP) is 13.8. The number of allylic oxidation sites excluding steroid dienone is 2. The Kier molecular flexibility index (Phi) is 39.5. The molecule has 9 heteroatoms. The molecule has 0 saturated carbocycles. The fraction of sp³-hybridized carbons (Fsp3) is 0.935. The molecule has 0 radical (unpaired) electrons. The van der Waals surface area contributed by atoms with Gasteiger partial charge in [-0.25, -0.2) is 4.57 Å². The molecular formula is C46H93NO7P+. The molecule has 0 aromatic rings. The molecule has 0 aromatic carbocycles. The van der Waals surface area contributed by atoms with Gasteiger partial charge in [0.15, 0.2) is 0 Å². The van der Waals surface area contributed by atoms with Crippen LogP contribution in [0.15, 0.2) is 12.2 Å². The normalized spacial score (nSPS) is 13.8. The summed E-state index contributed by atoms with van der Waals surface area (Å²) < 4.78 is 35.0. The smallest absolute Gasteiger partial charge is 0.457 e. The number of quaternary nitrogens is 1. The minimum absolute atomic E-state index is 0.0918. The minimum Gasteiger partial charge on any atom is -0.457 e. The van der Waals surface area contributed by atoms with Crippen molar-refractivity contribution >= 4 is 13.8 Å². The zero-order valence-corrected chi connectivity index (χ0v) is 38.1. The molecule has 0 amide bonds. The van der Waals surface area contributed by atoms with Crippen LogP contribution in [0.4, 0.5) is 0 Å². The molecule has 2 unspecified atom stereocenters. The molecule has 0 heterocycles. The maximum absolute atomic E-state index is 12.7. The lowest BCUT2D eigenvalue weighted by Crippen LogP contribution is -2.37. The number of rotatable bonds is 44. The monoisotopic (exact) mass is 803 g/mol. The molecule has 328 valence electrons. The van der Waals surface area contributed by atoms with Crippen molar-refractivity contribution in [2.24, 2.45) is 0 Å². The Balaban J connectivity index is 4.13. The number of esters is 1. The van der Waals surface area contributed by atoms with E-state index < -0.39 is 13.9 Å². The highest BCUT2D eigenvalue weighted by Gasteiger charge is 2.26. The summed E-state index contributed by atoms with van der Waals surface area (Å²) in [6.45, 7) is 5.66. The molecule has 0 aromatic heterocycles. The van der Waals surface area contributed by atoms with Gasteiger partial charge in [-0.05, 0) is 38.5 Å². The van der Waals surface area contributed by atoms with E-state index in [0.717, 1.165) is 32.1 Å². The number of carbonyl (C=O) groups is 1. The van der Waals surface area contributed by atoms with E-state index in [1.165, 1.54) is 167 Å². The number of likely N-dealkylation sites (N-methyl/N-ethyl adjacent to an activating group) is 1. The summed E-state index contributed by atoms with van der Waals surface area (Å²) in [5.74, 6) is -0.311. The summed E-state index contributed by atoms with van der Waals surface area (Å²) in [5, 5.41) is 0. The van der Waals surface area contributed by atoms with Crippen LogP contribution in [0, 0.1) is 0 Å². The molecule has 0 aliphatic carbocycles. The Morgan fingerprint density at radius 3 is 1.38 bits per heavy atom. The SMILES string of the molecule is CCCCCCCC/C=C\CCCCCCCCCCCCOCC(COP(=O)(O)OCC[N+](C)(C)C)OC(=O)CCCCCCCCCCCCCCC. The maximum atomic E-state index is 12.7. The van der Waals surface area contributed by atoms with Gasteiger partial charge in [0.05, 0.1) is 34.4 Å². The first-order valence-electron chi connectivity index (χ1n) is 23.4. The van der Waals surface area contributed by atoms with E-state index in [4.69, 9.17) is 18.5 Å². The van der Waals surface area contributed by atoms with Gasteiger partial charge in [0.25, 0.3) is 0 Å². The zero-order valence-electron chi connectivity index (χ0n) is 37.2. The van der Waals surface area contributed by atoms with Crippen molar-refractivity contribution < 1.29 is 37.3 Å². The highest BCUT2D eigenvalue weighted by atomic mass is 31.2. The molecular weight excluding hydrogens is 709 g/mol. The average molecular weight is 803 g/mol. The number of phosphoric acid groups is 1. The van der Waals surface area contributed by atoms with Gasteiger partial charge in [0, 0.05) is 13.0 Å². The summed E-state index contributed by atoms with van der Waals surface area (Å²) in [7, 11) is 1.68. The van der Waals surface area contributed by atoms with E-state index >= 15 is 0 Å². The molecule has 0 fully saturated rings. The highest BCUT2D eigenvalue weighted by molar-refractivity contribution is 7.47. The van der Waals surface area contributed by atoms with Gasteiger partial charge >= 0.3 is 13.8 Å². The molecule has 0 bridgehead atoms. The number of nitrogens with zero attached hydrogens (tertiary/aromatic N) is 1. The van der Waals surface area contributed by atoms with E-state index in [1.54, 1.807) is 0 Å². The molecule has 0 aliphatic rings. The molecule has 55 heavy (non-hydrogen) atoms. The predicted molar refractivity (Wildman–Crippen MR) is 234 cm³/mol. The molecule has 2 atom stereocenters. The van der Waals surface area contributed by atoms with Gasteiger partial charge in [0.1, 0.15) is 19.3 Å². The molecule has 0 saturated heterocycles. The molecule has 0 rings (SSSR count). The van der Waals surface area contributed by atoms with Crippen LogP contribution in [-0.2, 0) is 27.9 Å². The van der Waals surface area contributed by atoms with Crippen molar-refractivity contribution in [3.05, 3.63) is 12.2 Å². The van der Waals surface area contributed by atoms with Crippen LogP contribution < -0.4 is 0 Å². The summed E-state index contributed by atoms with van der Waals surface area (Å²) >= 11 is 0. The van der Waals surface area contributed by atoms with Crippen LogP contribution in [0.3, 0.4) is 0 Å². The zero-order chi connectivity index (χ0) is 40.6. The number of phosphoric ester groups is 1. The van der Waals surface area contributed by atoms with Crippen LogP contribution in [0.5, 0.6) is 0 Å². The third kappa shape index (κ3) is 44.2. The molecule has 0 spiro atoms. The topological polar surface area (TPSA) is 91.3 Å². The highest BCUT2D eigenvalue weighted by Crippen LogP contribution is 2.43. The van der Waals surface area contributed by atoms with E-state index in [2.05, 4.69) is 26.0 Å². The number of unbranched alkanes of at least 4 members (excludes halogenated alkanes) is 28. The Bertz CT molecular complexity index is 894. The minimum atomic E-state index is -4.27. The maximum Gasteiger partial charge on any atom is 0.472 e. The van der Waals surface area contributed by atoms with Crippen LogP contribution >= 0.6 is 7.82 Å². The van der Waals surface area contributed by atoms with Crippen molar-refractivity contribution in [2.75, 3.05) is 54.1 Å². The first kappa shape index (κ1) is 54.2. The summed E-state index contributed by atoms with van der Waals surface area (Å²) in [6.07, 6.45) is 43.8. The first-order chi connectivity index (χ1) is 26.6. The lowest BCUT2D eigenvalue weighted by Gasteiger charge is -2.24. The number of carbonyl (C=O) groups excluding carboxylic acids is 1. The van der Waals surface area contributed by atoms with Crippen molar-refractivity contribution in [1.82, 2.24) is 0 Å². The van der Waals surface area contributed by atoms with Gasteiger partial charge in [-0.2, -0.15) is 0 Å². The second kappa shape index (κ2) is 40.0. The summed E-state index contributed by atoms with van der Waals surface area (Å²) in [4.78, 5) is 22.9. The third-order valence-corrected chi connectivity index (χ3v) is 11.3. The number of hydrogen-bond donors (Lipinski definition) is 1. The summed E-state index contributed by atoms with van der Waals surface area (Å²) in [6, 6.07) is 0. The lowest BCUT2D eigenvalue weighted by molar-refractivity contribution is -0.870. The lowest BCUT2D eigenvalue weighted by atomic mass is 10.0. The van der Waals surface area contributed by atoms with Gasteiger partial charge < -0.3 is 18.9 Å². The van der Waals surface area contributed by atoms with Gasteiger partial charge in [-0.15, -0.1) is 0 Å². The fourth-order valence-electron chi connectivity index (χ4n) is 6.67. The number of ether oxygens (including phenoxy) is 2. The van der Waals surface area contributed by atoms with E-state index in [-0.39, 0.29) is 25.8 Å². The van der Waals surface area contributed by atoms with Gasteiger partial charge in [-0.3, -0.25) is 13.8 Å². The Hall–Kier alpha value is -0.760. The van der Waals surface area contributed by atoms with Crippen LogP contribution in [0.25, 0.3) is 0 Å². The van der Waals surface area contributed by atoms with Crippen molar-refractivity contribution in [3.8, 4) is 0 Å². The number of hydrogen-bond acceptors (Lipinski definition) is 6. The molecule has 8 nitrogen and oxygen atoms in total. The van der Waals surface area contributed by atoms with Gasteiger partial charge in [0.2, 0.25) is 0 Å². The van der Waals surface area contributed by atoms with Crippen molar-refractivity contribution in [1.29, 1.82) is 0 Å². The second-order valence-electron chi connectivity index (χ2n) is 17.1. The van der Waals surface area contributed by atoms with Crippen LogP contribution in [-0.4, -0.2) is 75.6 Å². The largest absolute Gasteiger partial charge is 0.472 e. The van der Waals surface area contributed by atoms with E-state index in [1.807, 2.05) is 21.1 Å². The molecule has 0 aliphatic heterocycles. The Labute approximate surface area is 341 Å². The quantitative estimate of drug-likeness (QED) is 0.0216. The van der Waals surface area contributed by atoms with E-state index in [9.17, 15) is 14.3 Å². The first-order valence-corrected chi connectivity index (χ1v) is 24.9. The standard InChI is InChI=1S/C46H92NO7P/c1-6-8-10-12-14-16-18-20-21-22-23-24-25-26-28-30-32-34-36-38-41-51-43-45(44-53-55(49,50)52-42-40-47(3,4)5)54-46(48)39-37-35-33-31-29-27-19-17-15-13-11-9-7-2/h20-21,45H,6-19,22-44H2,1-5H3/p+1/b21-20-. The van der Waals surface area contributed by atoms with Gasteiger partial charge in [-0.1, -0.05) is 187 Å². The van der Waals surface area contributed by atoms with Crippen molar-refractivity contribution in [3.63, 3.8) is 0 Å². The second-order valence-corrected chi connectivity index (χ2v) is 18.6. The summed E-state index contributed by atoms with van der Waals surface area (Å²) in [5.41, 5.74) is 0. The Morgan fingerprint density at radius 1 is 0.545 bits per heavy atom. The fourth-order valence-corrected chi connectivity index (χ4v) is 7.41. The average Bonchev–Trinajstić information content (AvgIpc) is 3.13. The van der Waals surface area contributed by atoms with Crippen LogP contribution in [0.2, 0.25) is 0 Å². The Morgan fingerprint density at radius 2 is 0.945 bits per heavy atom. The van der Waals surface area contributed by atoms with Crippen molar-refractivity contribution in [2.45, 2.75) is 225 Å². The third-order valence-electron chi connectivity index (χ3n) is 10.3. The van der Waals surface area contributed by atoms with E-state index in [0.29, 0.717) is 24.1 Å². The van der Waals surface area contributed by atoms with Crippen LogP contribution in [0.1, 0.15) is 219 Å². The molecule has 1 N–H and O–H groups in total.